The maximum absolute atomic E-state index is 4.34. The van der Waals surface area contributed by atoms with Gasteiger partial charge in [-0.3, -0.25) is 9.97 Å². The molecule has 0 spiro atoms. The lowest BCUT2D eigenvalue weighted by Gasteiger charge is -2.10. The van der Waals surface area contributed by atoms with E-state index in [1.165, 1.54) is 20.3 Å². The molecule has 76 valence electrons. The number of hydrogen-bond donors (Lipinski definition) is 0. The molecule has 3 heteroatoms. The number of aromatic nitrogens is 2. The molecule has 2 heterocycles. The molecule has 0 atom stereocenters. The first kappa shape index (κ1) is 10.5. The minimum atomic E-state index is 1.09. The van der Waals surface area contributed by atoms with Crippen LogP contribution in [-0.4, -0.2) is 9.97 Å². The van der Waals surface area contributed by atoms with Crippen LogP contribution in [0, 0.1) is 17.4 Å². The molecule has 0 aliphatic carbocycles. The molecule has 0 amide bonds. The smallest absolute Gasteiger partial charge is 0.0411 e. The number of pyridine rings is 2. The van der Waals surface area contributed by atoms with Crippen molar-refractivity contribution in [3.05, 3.63) is 45.6 Å². The van der Waals surface area contributed by atoms with Gasteiger partial charge in [0, 0.05) is 33.4 Å². The fourth-order valence-corrected chi connectivity index (χ4v) is 2.40. The van der Waals surface area contributed by atoms with Crippen LogP contribution >= 0.6 is 22.6 Å². The fourth-order valence-electron chi connectivity index (χ4n) is 1.55. The van der Waals surface area contributed by atoms with Gasteiger partial charge in [-0.2, -0.15) is 0 Å². The van der Waals surface area contributed by atoms with Crippen LogP contribution in [0.2, 0.25) is 0 Å². The van der Waals surface area contributed by atoms with E-state index < -0.39 is 0 Å². The fraction of sp³-hybridized carbons (Fsp3) is 0.167. The topological polar surface area (TPSA) is 25.8 Å². The van der Waals surface area contributed by atoms with Crippen molar-refractivity contribution in [2.45, 2.75) is 13.8 Å². The minimum absolute atomic E-state index is 1.09. The van der Waals surface area contributed by atoms with Crippen LogP contribution in [0.25, 0.3) is 11.1 Å². The molecule has 0 aliphatic heterocycles. The molecular formula is C12H11IN2. The van der Waals surface area contributed by atoms with Gasteiger partial charge in [-0.1, -0.05) is 0 Å². The van der Waals surface area contributed by atoms with Gasteiger partial charge < -0.3 is 0 Å². The van der Waals surface area contributed by atoms with Crippen LogP contribution in [0.1, 0.15) is 11.3 Å². The molecule has 2 rings (SSSR count). The summed E-state index contributed by atoms with van der Waals surface area (Å²) in [5.41, 5.74) is 4.80. The molecule has 0 fully saturated rings. The molecule has 0 unspecified atom stereocenters. The van der Waals surface area contributed by atoms with Gasteiger partial charge in [-0.05, 0) is 59.7 Å². The predicted molar refractivity (Wildman–Crippen MR) is 69.7 cm³/mol. The monoisotopic (exact) mass is 310 g/mol. The Morgan fingerprint density at radius 1 is 1.13 bits per heavy atom. The molecule has 0 saturated carbocycles. The Labute approximate surface area is 103 Å². The SMILES string of the molecule is Cc1ncc(I)c(-c2ccncc2)c1C. The van der Waals surface area contributed by atoms with Gasteiger partial charge in [0.1, 0.15) is 0 Å². The Morgan fingerprint density at radius 2 is 1.80 bits per heavy atom. The molecule has 0 bridgehead atoms. The highest BCUT2D eigenvalue weighted by Crippen LogP contribution is 2.28. The average Bonchev–Trinajstić information content (AvgIpc) is 2.26. The molecule has 15 heavy (non-hydrogen) atoms. The van der Waals surface area contributed by atoms with Crippen LogP contribution in [-0.2, 0) is 0 Å². The van der Waals surface area contributed by atoms with Gasteiger partial charge >= 0.3 is 0 Å². The van der Waals surface area contributed by atoms with Crippen molar-refractivity contribution in [2.75, 3.05) is 0 Å². The summed E-state index contributed by atoms with van der Waals surface area (Å²) in [5.74, 6) is 0. The van der Waals surface area contributed by atoms with Gasteiger partial charge in [0.25, 0.3) is 0 Å². The molecular weight excluding hydrogens is 299 g/mol. The zero-order valence-electron chi connectivity index (χ0n) is 8.66. The van der Waals surface area contributed by atoms with E-state index >= 15 is 0 Å². The van der Waals surface area contributed by atoms with Crippen molar-refractivity contribution >= 4 is 22.6 Å². The number of hydrogen-bond acceptors (Lipinski definition) is 2. The van der Waals surface area contributed by atoms with E-state index in [1.54, 1.807) is 0 Å². The quantitative estimate of drug-likeness (QED) is 0.755. The first-order valence-corrected chi connectivity index (χ1v) is 5.80. The number of halogens is 1. The summed E-state index contributed by atoms with van der Waals surface area (Å²) in [6.45, 7) is 4.15. The second-order valence-corrected chi connectivity index (χ2v) is 4.59. The third-order valence-corrected chi connectivity index (χ3v) is 3.31. The number of rotatable bonds is 1. The first-order valence-electron chi connectivity index (χ1n) is 4.72. The largest absolute Gasteiger partial charge is 0.265 e. The van der Waals surface area contributed by atoms with Gasteiger partial charge in [0.2, 0.25) is 0 Å². The third kappa shape index (κ3) is 2.02. The molecule has 0 N–H and O–H groups in total. The zero-order chi connectivity index (χ0) is 10.8. The van der Waals surface area contributed by atoms with E-state index in [0.717, 1.165) is 5.69 Å². The van der Waals surface area contributed by atoms with E-state index in [1.807, 2.05) is 37.6 Å². The Bertz CT molecular complexity index is 480. The molecule has 0 saturated heterocycles. The summed E-state index contributed by atoms with van der Waals surface area (Å²) < 4.78 is 1.18. The van der Waals surface area contributed by atoms with Crippen LogP contribution in [0.5, 0.6) is 0 Å². The molecule has 2 aromatic heterocycles. The van der Waals surface area contributed by atoms with Crippen molar-refractivity contribution in [3.8, 4) is 11.1 Å². The molecule has 0 radical (unpaired) electrons. The third-order valence-electron chi connectivity index (χ3n) is 2.50. The summed E-state index contributed by atoms with van der Waals surface area (Å²) in [4.78, 5) is 8.38. The maximum Gasteiger partial charge on any atom is 0.0411 e. The lowest BCUT2D eigenvalue weighted by atomic mass is 10.0. The van der Waals surface area contributed by atoms with Gasteiger partial charge in [-0.25, -0.2) is 0 Å². The zero-order valence-corrected chi connectivity index (χ0v) is 10.8. The minimum Gasteiger partial charge on any atom is -0.265 e. The van der Waals surface area contributed by atoms with Crippen molar-refractivity contribution in [2.24, 2.45) is 0 Å². The highest BCUT2D eigenvalue weighted by molar-refractivity contribution is 14.1. The Morgan fingerprint density at radius 3 is 2.47 bits per heavy atom. The van der Waals surface area contributed by atoms with Gasteiger partial charge in [0.15, 0.2) is 0 Å². The summed E-state index contributed by atoms with van der Waals surface area (Å²) in [6, 6.07) is 4.06. The molecule has 0 aliphatic rings. The van der Waals surface area contributed by atoms with E-state index in [0.29, 0.717) is 0 Å². The van der Waals surface area contributed by atoms with Crippen molar-refractivity contribution in [3.63, 3.8) is 0 Å². The lowest BCUT2D eigenvalue weighted by molar-refractivity contribution is 1.14. The van der Waals surface area contributed by atoms with E-state index in [9.17, 15) is 0 Å². The number of nitrogens with zero attached hydrogens (tertiary/aromatic N) is 2. The predicted octanol–water partition coefficient (Wildman–Crippen LogP) is 3.37. The molecule has 2 nitrogen and oxygen atoms in total. The summed E-state index contributed by atoms with van der Waals surface area (Å²) >= 11 is 2.32. The normalized spacial score (nSPS) is 10.3. The van der Waals surface area contributed by atoms with Crippen LogP contribution in [0.4, 0.5) is 0 Å². The van der Waals surface area contributed by atoms with Crippen molar-refractivity contribution in [1.82, 2.24) is 9.97 Å². The van der Waals surface area contributed by atoms with Crippen LogP contribution in [0.15, 0.2) is 30.7 Å². The van der Waals surface area contributed by atoms with E-state index in [-0.39, 0.29) is 0 Å². The Kier molecular flexibility index (Phi) is 3.00. The van der Waals surface area contributed by atoms with Crippen molar-refractivity contribution < 1.29 is 0 Å². The first-order chi connectivity index (χ1) is 7.20. The van der Waals surface area contributed by atoms with E-state index in [4.69, 9.17) is 0 Å². The van der Waals surface area contributed by atoms with Gasteiger partial charge in [0.05, 0.1) is 0 Å². The van der Waals surface area contributed by atoms with Crippen LogP contribution < -0.4 is 0 Å². The number of aryl methyl sites for hydroxylation is 1. The summed E-state index contributed by atoms with van der Waals surface area (Å²) in [6.07, 6.45) is 5.56. The highest BCUT2D eigenvalue weighted by Gasteiger charge is 2.08. The second kappa shape index (κ2) is 4.26. The molecule has 2 aromatic rings. The standard InChI is InChI=1S/C12H11IN2/c1-8-9(2)15-7-11(13)12(8)10-3-5-14-6-4-10/h3-7H,1-2H3. The summed E-state index contributed by atoms with van der Waals surface area (Å²) in [5, 5.41) is 0. The summed E-state index contributed by atoms with van der Waals surface area (Å²) in [7, 11) is 0. The average molecular weight is 310 g/mol. The maximum atomic E-state index is 4.34. The molecule has 0 aromatic carbocycles. The Balaban J connectivity index is 2.68. The second-order valence-electron chi connectivity index (χ2n) is 3.43. The highest BCUT2D eigenvalue weighted by atomic mass is 127. The lowest BCUT2D eigenvalue weighted by Crippen LogP contribution is -1.94. The van der Waals surface area contributed by atoms with Crippen LogP contribution in [0.3, 0.4) is 0 Å². The van der Waals surface area contributed by atoms with Crippen molar-refractivity contribution in [1.29, 1.82) is 0 Å². The van der Waals surface area contributed by atoms with Gasteiger partial charge in [-0.15, -0.1) is 0 Å². The Hall–Kier alpha value is -0.970. The van der Waals surface area contributed by atoms with E-state index in [2.05, 4.69) is 39.5 Å².